The Labute approximate surface area is 194 Å². The van der Waals surface area contributed by atoms with Gasteiger partial charge in [-0.05, 0) is 42.3 Å². The molecular formula is C24H20Cl2N2O4. The highest BCUT2D eigenvalue weighted by Crippen LogP contribution is 2.35. The predicted octanol–water partition coefficient (Wildman–Crippen LogP) is 5.38. The van der Waals surface area contributed by atoms with Crippen molar-refractivity contribution in [1.29, 1.82) is 0 Å². The van der Waals surface area contributed by atoms with Gasteiger partial charge < -0.3 is 20.0 Å². The zero-order chi connectivity index (χ0) is 22.7. The van der Waals surface area contributed by atoms with Crippen molar-refractivity contribution < 1.29 is 19.1 Å². The van der Waals surface area contributed by atoms with E-state index in [2.05, 4.69) is 4.98 Å². The second kappa shape index (κ2) is 9.61. The number of rotatable bonds is 8. The van der Waals surface area contributed by atoms with Crippen LogP contribution in [0.1, 0.15) is 11.1 Å². The number of nitrogens with two attached hydrogens (primary N) is 1. The molecular weight excluding hydrogens is 451 g/mol. The van der Waals surface area contributed by atoms with E-state index in [1.807, 2.05) is 48.5 Å². The molecule has 4 rings (SSSR count). The lowest BCUT2D eigenvalue weighted by molar-refractivity contribution is -0.138. The first-order valence-corrected chi connectivity index (χ1v) is 10.7. The number of hydrogen-bond donors (Lipinski definition) is 2. The van der Waals surface area contributed by atoms with Gasteiger partial charge in [0, 0.05) is 17.5 Å². The summed E-state index contributed by atoms with van der Waals surface area (Å²) in [5.41, 5.74) is 9.56. The molecule has 164 valence electrons. The zero-order valence-corrected chi connectivity index (χ0v) is 18.4. The van der Waals surface area contributed by atoms with Gasteiger partial charge in [-0.25, -0.2) is 4.98 Å². The molecule has 0 bridgehead atoms. The minimum Gasteiger partial charge on any atom is -0.490 e. The number of halogens is 2. The number of fused-ring (bicyclic) bond motifs is 1. The molecule has 0 amide bonds. The van der Waals surface area contributed by atoms with E-state index in [1.54, 1.807) is 12.1 Å². The first-order valence-electron chi connectivity index (χ1n) is 9.95. The summed E-state index contributed by atoms with van der Waals surface area (Å²) in [6.07, 6.45) is 0.672. The quantitative estimate of drug-likeness (QED) is 0.358. The van der Waals surface area contributed by atoms with Crippen molar-refractivity contribution in [2.75, 3.05) is 6.61 Å². The number of ether oxygens (including phenoxy) is 1. The number of oxazole rings is 1. The number of hydrogen-bond acceptors (Lipinski definition) is 5. The number of nitrogens with zero attached hydrogens (tertiary/aromatic N) is 1. The maximum Gasteiger partial charge on any atom is 0.320 e. The zero-order valence-electron chi connectivity index (χ0n) is 16.9. The van der Waals surface area contributed by atoms with Gasteiger partial charge >= 0.3 is 5.97 Å². The second-order valence-corrected chi connectivity index (χ2v) is 8.10. The maximum absolute atomic E-state index is 11.0. The Balaban J connectivity index is 1.48. The van der Waals surface area contributed by atoms with Gasteiger partial charge in [-0.1, -0.05) is 53.5 Å². The van der Waals surface area contributed by atoms with Crippen LogP contribution in [0.3, 0.4) is 0 Å². The minimum atomic E-state index is -1.09. The summed E-state index contributed by atoms with van der Waals surface area (Å²) in [4.78, 5) is 15.5. The highest BCUT2D eigenvalue weighted by molar-refractivity contribution is 6.37. The Morgan fingerprint density at radius 2 is 1.81 bits per heavy atom. The smallest absolute Gasteiger partial charge is 0.320 e. The van der Waals surface area contributed by atoms with Crippen LogP contribution in [0.4, 0.5) is 0 Å². The molecule has 3 aromatic carbocycles. The monoisotopic (exact) mass is 470 g/mol. The molecule has 0 spiro atoms. The average Bonchev–Trinajstić information content (AvgIpc) is 3.21. The molecule has 0 radical (unpaired) electrons. The van der Waals surface area contributed by atoms with E-state index in [9.17, 15) is 4.79 Å². The highest BCUT2D eigenvalue weighted by atomic mass is 35.5. The van der Waals surface area contributed by atoms with Gasteiger partial charge in [0.2, 0.25) is 5.89 Å². The van der Waals surface area contributed by atoms with Gasteiger partial charge in [0.15, 0.2) is 11.3 Å². The lowest BCUT2D eigenvalue weighted by atomic mass is 10.1. The third kappa shape index (κ3) is 4.88. The van der Waals surface area contributed by atoms with E-state index in [-0.39, 0.29) is 6.42 Å². The SMILES string of the molecule is NC(Cc1cc(Cl)c(OCCc2cccc3nc(-c4ccccc4)oc23)c(Cl)c1)C(=O)O. The van der Waals surface area contributed by atoms with Crippen LogP contribution < -0.4 is 10.5 Å². The number of aromatic nitrogens is 1. The number of carboxylic acids is 1. The highest BCUT2D eigenvalue weighted by Gasteiger charge is 2.16. The van der Waals surface area contributed by atoms with Gasteiger partial charge in [0.1, 0.15) is 11.6 Å². The largest absolute Gasteiger partial charge is 0.490 e. The molecule has 1 aromatic heterocycles. The van der Waals surface area contributed by atoms with Crippen molar-refractivity contribution in [2.24, 2.45) is 5.73 Å². The molecule has 1 atom stereocenters. The van der Waals surface area contributed by atoms with Crippen molar-refractivity contribution in [3.63, 3.8) is 0 Å². The summed E-state index contributed by atoms with van der Waals surface area (Å²) in [6, 6.07) is 17.7. The number of carbonyl (C=O) groups is 1. The number of benzene rings is 3. The fourth-order valence-corrected chi connectivity index (χ4v) is 4.02. The Morgan fingerprint density at radius 3 is 2.50 bits per heavy atom. The molecule has 0 saturated carbocycles. The summed E-state index contributed by atoms with van der Waals surface area (Å²) in [7, 11) is 0. The molecule has 6 nitrogen and oxygen atoms in total. The normalized spacial score (nSPS) is 12.1. The van der Waals surface area contributed by atoms with Crippen LogP contribution in [0, 0.1) is 0 Å². The lowest BCUT2D eigenvalue weighted by Gasteiger charge is -2.13. The van der Waals surface area contributed by atoms with Crippen molar-refractivity contribution in [2.45, 2.75) is 18.9 Å². The first kappa shape index (κ1) is 22.1. The van der Waals surface area contributed by atoms with Crippen LogP contribution in [-0.2, 0) is 17.6 Å². The van der Waals surface area contributed by atoms with E-state index in [0.29, 0.717) is 45.9 Å². The lowest BCUT2D eigenvalue weighted by Crippen LogP contribution is -2.32. The minimum absolute atomic E-state index is 0.117. The molecule has 0 aliphatic heterocycles. The molecule has 4 aromatic rings. The average molecular weight is 471 g/mol. The van der Waals surface area contributed by atoms with Crippen LogP contribution in [0.2, 0.25) is 10.0 Å². The van der Waals surface area contributed by atoms with Crippen LogP contribution >= 0.6 is 23.2 Å². The summed E-state index contributed by atoms with van der Waals surface area (Å²) < 4.78 is 11.9. The van der Waals surface area contributed by atoms with Crippen molar-refractivity contribution >= 4 is 40.3 Å². The van der Waals surface area contributed by atoms with Crippen molar-refractivity contribution in [3.8, 4) is 17.2 Å². The molecule has 0 aliphatic rings. The summed E-state index contributed by atoms with van der Waals surface area (Å²) >= 11 is 12.6. The molecule has 32 heavy (non-hydrogen) atoms. The van der Waals surface area contributed by atoms with Gasteiger partial charge in [0.05, 0.1) is 16.7 Å². The molecule has 0 saturated heterocycles. The molecule has 3 N–H and O–H groups in total. The Bertz CT molecular complexity index is 1230. The van der Waals surface area contributed by atoms with Crippen LogP contribution in [0.25, 0.3) is 22.6 Å². The van der Waals surface area contributed by atoms with Gasteiger partial charge in [-0.2, -0.15) is 0 Å². The second-order valence-electron chi connectivity index (χ2n) is 7.29. The van der Waals surface area contributed by atoms with Crippen LogP contribution in [-0.4, -0.2) is 28.7 Å². The number of aliphatic carboxylic acids is 1. The summed E-state index contributed by atoms with van der Waals surface area (Å²) in [6.45, 7) is 0.313. The van der Waals surface area contributed by atoms with E-state index >= 15 is 0 Å². The van der Waals surface area contributed by atoms with Gasteiger partial charge in [-0.3, -0.25) is 4.79 Å². The molecule has 8 heteroatoms. The molecule has 0 fully saturated rings. The van der Waals surface area contributed by atoms with Crippen LogP contribution in [0.5, 0.6) is 5.75 Å². The van der Waals surface area contributed by atoms with Crippen LogP contribution in [0.15, 0.2) is 65.1 Å². The van der Waals surface area contributed by atoms with Crippen molar-refractivity contribution in [1.82, 2.24) is 4.98 Å². The topological polar surface area (TPSA) is 98.6 Å². The molecule has 1 unspecified atom stereocenters. The summed E-state index contributed by atoms with van der Waals surface area (Å²) in [5, 5.41) is 9.58. The summed E-state index contributed by atoms with van der Waals surface area (Å²) in [5.74, 6) is -0.180. The fourth-order valence-electron chi connectivity index (χ4n) is 3.38. The number of para-hydroxylation sites is 1. The molecule has 0 aliphatic carbocycles. The molecule has 1 heterocycles. The van der Waals surface area contributed by atoms with E-state index in [4.69, 9.17) is 43.2 Å². The Kier molecular flexibility index (Phi) is 6.65. The Morgan fingerprint density at radius 1 is 1.09 bits per heavy atom. The number of carboxylic acid groups (broad SMARTS) is 1. The first-order chi connectivity index (χ1) is 15.4. The third-order valence-electron chi connectivity index (χ3n) is 4.97. The van der Waals surface area contributed by atoms with E-state index in [0.717, 1.165) is 16.6 Å². The third-order valence-corrected chi connectivity index (χ3v) is 5.53. The fraction of sp³-hybridized carbons (Fsp3) is 0.167. The van der Waals surface area contributed by atoms with E-state index in [1.165, 1.54) is 0 Å². The van der Waals surface area contributed by atoms with Gasteiger partial charge in [0.25, 0.3) is 0 Å². The predicted molar refractivity (Wildman–Crippen MR) is 124 cm³/mol. The van der Waals surface area contributed by atoms with Gasteiger partial charge in [-0.15, -0.1) is 0 Å². The standard InChI is InChI=1S/C24H20Cl2N2O4/c25-17-11-14(13-19(27)24(29)30)12-18(26)22(17)31-10-9-15-7-4-8-20-21(15)32-23(28-20)16-5-2-1-3-6-16/h1-8,11-12,19H,9-10,13,27H2,(H,29,30). The van der Waals surface area contributed by atoms with Crippen molar-refractivity contribution in [3.05, 3.63) is 81.8 Å². The maximum atomic E-state index is 11.0. The van der Waals surface area contributed by atoms with E-state index < -0.39 is 12.0 Å². The Hall–Kier alpha value is -3.06.